The lowest BCUT2D eigenvalue weighted by atomic mass is 9.85. The summed E-state index contributed by atoms with van der Waals surface area (Å²) < 4.78 is 13.3. The molecule has 2 saturated carbocycles. The topological polar surface area (TPSA) is 18.5 Å². The SMILES string of the molecule is CSC(=S)OCC12CCC(O[Si](C)(C)C(C)(C)C)(CC1)C2. The van der Waals surface area contributed by atoms with Crippen LogP contribution < -0.4 is 0 Å². The van der Waals surface area contributed by atoms with Gasteiger partial charge >= 0.3 is 0 Å². The van der Waals surface area contributed by atoms with Gasteiger partial charge in [0.25, 0.3) is 0 Å². The maximum atomic E-state index is 6.85. The van der Waals surface area contributed by atoms with Crippen molar-refractivity contribution in [2.45, 2.75) is 76.6 Å². The van der Waals surface area contributed by atoms with Gasteiger partial charge in [0, 0.05) is 5.41 Å². The van der Waals surface area contributed by atoms with Crippen molar-refractivity contribution in [2.24, 2.45) is 5.41 Å². The molecule has 2 rings (SSSR count). The van der Waals surface area contributed by atoms with E-state index in [0.29, 0.717) is 9.80 Å². The zero-order valence-electron chi connectivity index (χ0n) is 14.4. The summed E-state index contributed by atoms with van der Waals surface area (Å²) in [7, 11) is -1.69. The Kier molecular flexibility index (Phi) is 4.91. The summed E-state index contributed by atoms with van der Waals surface area (Å²) in [4.78, 5) is 0. The Morgan fingerprint density at radius 1 is 1.19 bits per heavy atom. The standard InChI is InChI=1S/C16H30O2S2Si/c1-14(2,3)21(5,6)18-16-9-7-15(11-16,8-10-16)12-17-13(19)20-4/h7-12H2,1-6H3. The highest BCUT2D eigenvalue weighted by Crippen LogP contribution is 2.60. The van der Waals surface area contributed by atoms with Crippen LogP contribution in [0, 0.1) is 5.41 Å². The van der Waals surface area contributed by atoms with Gasteiger partial charge in [0.05, 0.1) is 12.2 Å². The highest BCUT2D eigenvalue weighted by Gasteiger charge is 2.58. The predicted octanol–water partition coefficient (Wildman–Crippen LogP) is 5.38. The van der Waals surface area contributed by atoms with Gasteiger partial charge in [-0.25, -0.2) is 0 Å². The van der Waals surface area contributed by atoms with Crippen LogP contribution in [0.3, 0.4) is 0 Å². The van der Waals surface area contributed by atoms with Crippen LogP contribution in [0.2, 0.25) is 18.1 Å². The summed E-state index contributed by atoms with van der Waals surface area (Å²) in [5, 5.41) is 0.284. The molecule has 0 amide bonds. The zero-order chi connectivity index (χ0) is 15.9. The Morgan fingerprint density at radius 3 is 2.24 bits per heavy atom. The smallest absolute Gasteiger partial charge is 0.219 e. The lowest BCUT2D eigenvalue weighted by Gasteiger charge is -2.43. The first-order valence-electron chi connectivity index (χ1n) is 7.94. The number of ether oxygens (including phenoxy) is 1. The van der Waals surface area contributed by atoms with Crippen LogP contribution >= 0.6 is 24.0 Å². The molecule has 0 aromatic carbocycles. The van der Waals surface area contributed by atoms with Crippen molar-refractivity contribution >= 4 is 36.7 Å². The number of thiocarbonyl (C=S) groups is 1. The van der Waals surface area contributed by atoms with E-state index in [9.17, 15) is 0 Å². The molecule has 0 aromatic heterocycles. The third kappa shape index (κ3) is 3.67. The van der Waals surface area contributed by atoms with Crippen molar-refractivity contribution in [1.82, 2.24) is 0 Å². The second-order valence-corrected chi connectivity index (χ2v) is 14.6. The molecular formula is C16H30O2S2Si. The van der Waals surface area contributed by atoms with E-state index in [-0.39, 0.29) is 10.6 Å². The molecule has 0 aliphatic heterocycles. The van der Waals surface area contributed by atoms with Crippen LogP contribution in [0.5, 0.6) is 0 Å². The minimum Gasteiger partial charge on any atom is -0.478 e. The molecule has 5 heteroatoms. The molecule has 2 fully saturated rings. The Bertz CT molecular complexity index is 407. The van der Waals surface area contributed by atoms with Gasteiger partial charge in [-0.2, -0.15) is 0 Å². The predicted molar refractivity (Wildman–Crippen MR) is 98.6 cm³/mol. The Balaban J connectivity index is 2.01. The van der Waals surface area contributed by atoms with Crippen LogP contribution in [-0.4, -0.2) is 31.2 Å². The van der Waals surface area contributed by atoms with Crippen molar-refractivity contribution in [2.75, 3.05) is 12.9 Å². The zero-order valence-corrected chi connectivity index (χ0v) is 17.0. The first kappa shape index (κ1) is 17.8. The molecule has 122 valence electrons. The minimum absolute atomic E-state index is 0.132. The Labute approximate surface area is 140 Å². The maximum Gasteiger partial charge on any atom is 0.219 e. The molecule has 0 heterocycles. The van der Waals surface area contributed by atoms with E-state index in [4.69, 9.17) is 21.4 Å². The molecule has 2 aliphatic rings. The van der Waals surface area contributed by atoms with Gasteiger partial charge in [-0.05, 0) is 68.7 Å². The second kappa shape index (κ2) is 5.80. The fourth-order valence-electron chi connectivity index (χ4n) is 3.57. The van der Waals surface area contributed by atoms with Gasteiger partial charge in [0.2, 0.25) is 4.38 Å². The average molecular weight is 347 g/mol. The molecule has 0 saturated heterocycles. The van der Waals surface area contributed by atoms with Crippen molar-refractivity contribution in [3.8, 4) is 0 Å². The van der Waals surface area contributed by atoms with E-state index in [1.165, 1.54) is 43.9 Å². The number of fused-ring (bicyclic) bond motifs is 2. The lowest BCUT2D eigenvalue weighted by Crippen LogP contribution is -2.48. The summed E-state index contributed by atoms with van der Waals surface area (Å²) >= 11 is 6.71. The summed E-state index contributed by atoms with van der Waals surface area (Å²) in [6.07, 6.45) is 8.03. The van der Waals surface area contributed by atoms with Crippen molar-refractivity contribution in [3.63, 3.8) is 0 Å². The molecule has 0 unspecified atom stereocenters. The number of thioether (sulfide) groups is 1. The molecule has 0 spiro atoms. The summed E-state index contributed by atoms with van der Waals surface area (Å²) in [5.74, 6) is 0. The normalized spacial score (nSPS) is 32.5. The van der Waals surface area contributed by atoms with Gasteiger partial charge in [0.1, 0.15) is 0 Å². The van der Waals surface area contributed by atoms with E-state index in [2.05, 4.69) is 33.9 Å². The van der Waals surface area contributed by atoms with Crippen molar-refractivity contribution < 1.29 is 9.16 Å². The van der Waals surface area contributed by atoms with Gasteiger partial charge in [-0.15, -0.1) is 0 Å². The van der Waals surface area contributed by atoms with Crippen LogP contribution in [0.1, 0.15) is 52.9 Å². The molecule has 0 radical (unpaired) electrons. The number of rotatable bonds is 4. The number of hydrogen-bond acceptors (Lipinski definition) is 4. The largest absolute Gasteiger partial charge is 0.478 e. The van der Waals surface area contributed by atoms with Gasteiger partial charge in [0.15, 0.2) is 8.32 Å². The Morgan fingerprint density at radius 2 is 1.76 bits per heavy atom. The summed E-state index contributed by atoms with van der Waals surface area (Å²) in [5.41, 5.74) is 0.454. The molecule has 0 N–H and O–H groups in total. The summed E-state index contributed by atoms with van der Waals surface area (Å²) in [6, 6.07) is 0. The Hall–Kier alpha value is 0.417. The van der Waals surface area contributed by atoms with E-state index in [1.54, 1.807) is 0 Å². The van der Waals surface area contributed by atoms with E-state index < -0.39 is 8.32 Å². The second-order valence-electron chi connectivity index (χ2n) is 8.46. The fraction of sp³-hybridized carbons (Fsp3) is 0.938. The first-order chi connectivity index (χ1) is 9.53. The van der Waals surface area contributed by atoms with E-state index in [1.807, 2.05) is 6.26 Å². The van der Waals surface area contributed by atoms with Gasteiger partial charge < -0.3 is 9.16 Å². The van der Waals surface area contributed by atoms with E-state index >= 15 is 0 Å². The van der Waals surface area contributed by atoms with Crippen molar-refractivity contribution in [3.05, 3.63) is 0 Å². The first-order valence-corrected chi connectivity index (χ1v) is 12.5. The average Bonchev–Trinajstić information content (AvgIpc) is 2.89. The molecular weight excluding hydrogens is 316 g/mol. The molecule has 0 aromatic rings. The quantitative estimate of drug-likeness (QED) is 0.502. The highest BCUT2D eigenvalue weighted by molar-refractivity contribution is 8.22. The van der Waals surface area contributed by atoms with Crippen LogP contribution in [0.15, 0.2) is 0 Å². The summed E-state index contributed by atoms with van der Waals surface area (Å²) in [6.45, 7) is 12.5. The van der Waals surface area contributed by atoms with E-state index in [0.717, 1.165) is 6.61 Å². The number of hydrogen-bond donors (Lipinski definition) is 0. The minimum atomic E-state index is -1.69. The maximum absolute atomic E-state index is 6.85. The van der Waals surface area contributed by atoms with Gasteiger partial charge in [-0.1, -0.05) is 32.5 Å². The van der Waals surface area contributed by atoms with Crippen LogP contribution in [0.4, 0.5) is 0 Å². The molecule has 21 heavy (non-hydrogen) atoms. The third-order valence-electron chi connectivity index (χ3n) is 5.86. The fourth-order valence-corrected chi connectivity index (χ4v) is 5.47. The molecule has 2 aliphatic carbocycles. The molecule has 2 bridgehead atoms. The third-order valence-corrected chi connectivity index (χ3v) is 11.5. The molecule has 0 atom stereocenters. The van der Waals surface area contributed by atoms with Crippen LogP contribution in [-0.2, 0) is 9.16 Å². The van der Waals surface area contributed by atoms with Crippen LogP contribution in [0.25, 0.3) is 0 Å². The van der Waals surface area contributed by atoms with Gasteiger partial charge in [-0.3, -0.25) is 0 Å². The lowest BCUT2D eigenvalue weighted by molar-refractivity contribution is 0.0640. The highest BCUT2D eigenvalue weighted by atomic mass is 32.2. The van der Waals surface area contributed by atoms with Crippen molar-refractivity contribution in [1.29, 1.82) is 0 Å². The molecule has 2 nitrogen and oxygen atoms in total. The monoisotopic (exact) mass is 346 g/mol.